The number of phenolic OH excluding ortho intramolecular Hbond substituents is 1. The normalized spacial score (nSPS) is 15.7. The third kappa shape index (κ3) is 3.18. The van der Waals surface area contributed by atoms with E-state index >= 15 is 0 Å². The lowest BCUT2D eigenvalue weighted by atomic mass is 10.1. The molecule has 19 heavy (non-hydrogen) atoms. The molecule has 0 saturated heterocycles. The molecule has 0 spiro atoms. The first-order valence-corrected chi connectivity index (χ1v) is 7.02. The minimum Gasteiger partial charge on any atom is -0.508 e. The van der Waals surface area contributed by atoms with Crippen LogP contribution in [0.2, 0.25) is 0 Å². The summed E-state index contributed by atoms with van der Waals surface area (Å²) in [5.41, 5.74) is -0.00480. The van der Waals surface area contributed by atoms with E-state index in [1.807, 2.05) is 0 Å². The van der Waals surface area contributed by atoms with Crippen molar-refractivity contribution in [1.82, 2.24) is 4.90 Å². The predicted octanol–water partition coefficient (Wildman–Crippen LogP) is 3.15. The van der Waals surface area contributed by atoms with Gasteiger partial charge in [-0.15, -0.1) is 11.6 Å². The van der Waals surface area contributed by atoms with Crippen molar-refractivity contribution in [3.8, 4) is 5.75 Å². The highest BCUT2D eigenvalue weighted by Crippen LogP contribution is 2.26. The summed E-state index contributed by atoms with van der Waals surface area (Å²) in [5.74, 6) is -0.881. The lowest BCUT2D eigenvalue weighted by Gasteiger charge is -2.28. The quantitative estimate of drug-likeness (QED) is 0.863. The van der Waals surface area contributed by atoms with Gasteiger partial charge in [0.25, 0.3) is 5.91 Å². The average Bonchev–Trinajstić information content (AvgIpc) is 2.89. The molecule has 1 N–H and O–H groups in total. The minimum absolute atomic E-state index is 0.00480. The molecular weight excluding hydrogens is 269 g/mol. The van der Waals surface area contributed by atoms with Crippen molar-refractivity contribution in [1.29, 1.82) is 0 Å². The molecule has 1 aliphatic rings. The van der Waals surface area contributed by atoms with E-state index in [-0.39, 0.29) is 23.3 Å². The number of carbonyl (C=O) groups is 1. The summed E-state index contributed by atoms with van der Waals surface area (Å²) < 4.78 is 13.7. The predicted molar refractivity (Wildman–Crippen MR) is 72.1 cm³/mol. The molecule has 0 aliphatic heterocycles. The molecule has 0 heterocycles. The van der Waals surface area contributed by atoms with Crippen molar-refractivity contribution in [2.75, 3.05) is 12.4 Å². The summed E-state index contributed by atoms with van der Waals surface area (Å²) >= 11 is 5.74. The average molecular weight is 286 g/mol. The summed E-state index contributed by atoms with van der Waals surface area (Å²) in [6.07, 6.45) is 4.08. The van der Waals surface area contributed by atoms with E-state index in [1.165, 1.54) is 12.1 Å². The number of benzene rings is 1. The van der Waals surface area contributed by atoms with Crippen LogP contribution in [0.3, 0.4) is 0 Å². The van der Waals surface area contributed by atoms with Crippen molar-refractivity contribution >= 4 is 17.5 Å². The zero-order valence-corrected chi connectivity index (χ0v) is 11.4. The first-order valence-electron chi connectivity index (χ1n) is 6.49. The summed E-state index contributed by atoms with van der Waals surface area (Å²) in [5, 5.41) is 9.19. The van der Waals surface area contributed by atoms with Gasteiger partial charge in [-0.1, -0.05) is 12.8 Å². The third-order valence-corrected chi connectivity index (χ3v) is 3.70. The van der Waals surface area contributed by atoms with Crippen molar-refractivity contribution < 1.29 is 14.3 Å². The van der Waals surface area contributed by atoms with Gasteiger partial charge in [0, 0.05) is 24.5 Å². The Morgan fingerprint density at radius 2 is 2.11 bits per heavy atom. The van der Waals surface area contributed by atoms with Gasteiger partial charge in [-0.2, -0.15) is 0 Å². The Morgan fingerprint density at radius 3 is 2.68 bits per heavy atom. The summed E-state index contributed by atoms with van der Waals surface area (Å²) in [7, 11) is 0. The Labute approximate surface area is 117 Å². The van der Waals surface area contributed by atoms with Crippen LogP contribution in [0.25, 0.3) is 0 Å². The zero-order chi connectivity index (χ0) is 13.8. The molecular formula is C14H17ClFNO2. The van der Waals surface area contributed by atoms with Crippen LogP contribution in [0.15, 0.2) is 18.2 Å². The molecule has 1 fully saturated rings. The van der Waals surface area contributed by atoms with E-state index in [9.17, 15) is 14.3 Å². The molecule has 5 heteroatoms. The van der Waals surface area contributed by atoms with Crippen LogP contribution in [0, 0.1) is 5.82 Å². The Hall–Kier alpha value is -1.29. The molecule has 0 aromatic heterocycles. The lowest BCUT2D eigenvalue weighted by Crippen LogP contribution is -2.40. The van der Waals surface area contributed by atoms with E-state index in [4.69, 9.17) is 11.6 Å². The van der Waals surface area contributed by atoms with Gasteiger partial charge in [0.2, 0.25) is 0 Å². The SMILES string of the molecule is O=C(c1ccc(O)cc1F)N(CCCl)C1CCCC1. The molecule has 0 bridgehead atoms. The fraction of sp³-hybridized carbons (Fsp3) is 0.500. The van der Waals surface area contributed by atoms with Gasteiger partial charge < -0.3 is 10.0 Å². The van der Waals surface area contributed by atoms with Crippen molar-refractivity contribution in [3.63, 3.8) is 0 Å². The Kier molecular flexibility index (Phi) is 4.64. The molecule has 1 aliphatic carbocycles. The maximum atomic E-state index is 13.7. The van der Waals surface area contributed by atoms with E-state index in [0.29, 0.717) is 12.4 Å². The second-order valence-corrected chi connectivity index (χ2v) is 5.17. The fourth-order valence-corrected chi connectivity index (χ4v) is 2.77. The van der Waals surface area contributed by atoms with E-state index < -0.39 is 5.82 Å². The van der Waals surface area contributed by atoms with Gasteiger partial charge in [0.15, 0.2) is 0 Å². The number of phenols is 1. The number of hydrogen-bond acceptors (Lipinski definition) is 2. The monoisotopic (exact) mass is 285 g/mol. The molecule has 0 unspecified atom stereocenters. The largest absolute Gasteiger partial charge is 0.508 e. The fourth-order valence-electron chi connectivity index (χ4n) is 2.59. The van der Waals surface area contributed by atoms with E-state index in [2.05, 4.69) is 0 Å². The number of carbonyl (C=O) groups excluding carboxylic acids is 1. The standard InChI is InChI=1S/C14H17ClFNO2/c15-7-8-17(10-3-1-2-4-10)14(19)12-6-5-11(18)9-13(12)16/h5-6,9-10,18H,1-4,7-8H2. The van der Waals surface area contributed by atoms with Crippen LogP contribution in [-0.4, -0.2) is 34.4 Å². The highest BCUT2D eigenvalue weighted by Gasteiger charge is 2.28. The smallest absolute Gasteiger partial charge is 0.257 e. The molecule has 1 aromatic rings. The molecule has 0 atom stereocenters. The van der Waals surface area contributed by atoms with E-state index in [1.54, 1.807) is 4.90 Å². The van der Waals surface area contributed by atoms with Gasteiger partial charge in [-0.05, 0) is 25.0 Å². The first-order chi connectivity index (χ1) is 9.13. The highest BCUT2D eigenvalue weighted by molar-refractivity contribution is 6.18. The first kappa shape index (κ1) is 14.1. The van der Waals surface area contributed by atoms with Crippen LogP contribution in [0.4, 0.5) is 4.39 Å². The Balaban J connectivity index is 2.22. The highest BCUT2D eigenvalue weighted by atomic mass is 35.5. The summed E-state index contributed by atoms with van der Waals surface area (Å²) in [6.45, 7) is 0.422. The van der Waals surface area contributed by atoms with Crippen LogP contribution in [0.1, 0.15) is 36.0 Å². The number of amides is 1. The second-order valence-electron chi connectivity index (χ2n) is 4.79. The number of rotatable bonds is 4. The molecule has 0 radical (unpaired) electrons. The van der Waals surface area contributed by atoms with Gasteiger partial charge in [0.1, 0.15) is 11.6 Å². The van der Waals surface area contributed by atoms with E-state index in [0.717, 1.165) is 31.7 Å². The van der Waals surface area contributed by atoms with Gasteiger partial charge in [-0.3, -0.25) is 4.79 Å². The number of halogens is 2. The number of hydrogen-bond donors (Lipinski definition) is 1. The van der Waals surface area contributed by atoms with Crippen molar-refractivity contribution in [2.45, 2.75) is 31.7 Å². The molecule has 2 rings (SSSR count). The van der Waals surface area contributed by atoms with Gasteiger partial charge in [-0.25, -0.2) is 4.39 Å². The van der Waals surface area contributed by atoms with Gasteiger partial charge in [0.05, 0.1) is 5.56 Å². The third-order valence-electron chi connectivity index (χ3n) is 3.53. The molecule has 1 saturated carbocycles. The maximum Gasteiger partial charge on any atom is 0.257 e. The lowest BCUT2D eigenvalue weighted by molar-refractivity contribution is 0.0690. The molecule has 1 amide bonds. The number of alkyl halides is 1. The van der Waals surface area contributed by atoms with Crippen LogP contribution >= 0.6 is 11.6 Å². The topological polar surface area (TPSA) is 40.5 Å². The minimum atomic E-state index is -0.692. The van der Waals surface area contributed by atoms with Crippen LogP contribution in [-0.2, 0) is 0 Å². The number of aromatic hydroxyl groups is 1. The summed E-state index contributed by atoms with van der Waals surface area (Å²) in [4.78, 5) is 14.1. The summed E-state index contributed by atoms with van der Waals surface area (Å²) in [6, 6.07) is 3.76. The van der Waals surface area contributed by atoms with Gasteiger partial charge >= 0.3 is 0 Å². The Morgan fingerprint density at radius 1 is 1.42 bits per heavy atom. The van der Waals surface area contributed by atoms with Crippen molar-refractivity contribution in [3.05, 3.63) is 29.6 Å². The second kappa shape index (κ2) is 6.24. The molecule has 1 aromatic carbocycles. The van der Waals surface area contributed by atoms with Crippen molar-refractivity contribution in [2.24, 2.45) is 0 Å². The molecule has 104 valence electrons. The zero-order valence-electron chi connectivity index (χ0n) is 10.6. The van der Waals surface area contributed by atoms with Crippen LogP contribution in [0.5, 0.6) is 5.75 Å². The van der Waals surface area contributed by atoms with Crippen LogP contribution < -0.4 is 0 Å². The Bertz CT molecular complexity index is 461. The maximum absolute atomic E-state index is 13.7. The molecule has 3 nitrogen and oxygen atoms in total. The number of nitrogens with zero attached hydrogens (tertiary/aromatic N) is 1.